The van der Waals surface area contributed by atoms with Crippen molar-refractivity contribution in [2.24, 2.45) is 5.92 Å². The number of benzene rings is 3. The maximum atomic E-state index is 14.5. The van der Waals surface area contributed by atoms with Crippen LogP contribution >= 0.6 is 23.2 Å². The van der Waals surface area contributed by atoms with Crippen LogP contribution in [0.4, 0.5) is 10.5 Å². The van der Waals surface area contributed by atoms with Gasteiger partial charge in [-0.25, -0.2) is 4.79 Å². The Morgan fingerprint density at radius 1 is 0.854 bits per heavy atom. The first-order valence-electron chi connectivity index (χ1n) is 16.2. The predicted octanol–water partition coefficient (Wildman–Crippen LogP) is 6.02. The molecule has 2 fully saturated rings. The average molecular weight is 689 g/mol. The lowest BCUT2D eigenvalue weighted by atomic mass is 9.95. The number of likely N-dealkylation sites (tertiary alicyclic amines) is 2. The van der Waals surface area contributed by atoms with Gasteiger partial charge in [0.15, 0.2) is 0 Å². The largest absolute Gasteiger partial charge is 0.461 e. The van der Waals surface area contributed by atoms with E-state index >= 15 is 0 Å². The summed E-state index contributed by atoms with van der Waals surface area (Å²) in [4.78, 5) is 63.3. The highest BCUT2D eigenvalue weighted by molar-refractivity contribution is 6.42. The number of urea groups is 1. The number of aromatic nitrogens is 1. The van der Waals surface area contributed by atoms with E-state index in [0.29, 0.717) is 54.5 Å². The molecule has 3 atom stereocenters. The summed E-state index contributed by atoms with van der Waals surface area (Å²) in [7, 11) is 0. The highest BCUT2D eigenvalue weighted by Gasteiger charge is 2.45. The van der Waals surface area contributed by atoms with Crippen molar-refractivity contribution in [3.8, 4) is 0 Å². The topological polar surface area (TPSA) is 115 Å². The van der Waals surface area contributed by atoms with E-state index in [9.17, 15) is 19.2 Å². The lowest BCUT2D eigenvalue weighted by Crippen LogP contribution is -2.57. The van der Waals surface area contributed by atoms with Gasteiger partial charge in [0.05, 0.1) is 22.5 Å². The number of nitrogens with zero attached hydrogens (tertiary/aromatic N) is 3. The summed E-state index contributed by atoms with van der Waals surface area (Å²) in [6.45, 7) is 1.45. The Kier molecular flexibility index (Phi) is 9.02. The summed E-state index contributed by atoms with van der Waals surface area (Å²) in [5, 5.41) is 4.54. The molecule has 0 bridgehead atoms. The molecule has 3 aliphatic rings. The van der Waals surface area contributed by atoms with Crippen molar-refractivity contribution in [2.45, 2.75) is 50.9 Å². The van der Waals surface area contributed by atoms with E-state index in [2.05, 4.69) is 10.3 Å². The molecule has 1 aromatic heterocycles. The van der Waals surface area contributed by atoms with E-state index < -0.39 is 24.0 Å². The number of carbonyl (C=O) groups is 4. The molecule has 48 heavy (non-hydrogen) atoms. The van der Waals surface area contributed by atoms with Gasteiger partial charge in [-0.3, -0.25) is 14.4 Å². The van der Waals surface area contributed by atoms with Gasteiger partial charge in [-0.05, 0) is 54.7 Å². The monoisotopic (exact) mass is 687 g/mol. The fraction of sp³-hybridized carbons (Fsp3) is 0.333. The Balaban J connectivity index is 1.08. The number of rotatable bonds is 6. The molecule has 7 rings (SSSR count). The number of carbonyl (C=O) groups excluding carboxylic acids is 4. The Hall–Kier alpha value is -4.54. The van der Waals surface area contributed by atoms with E-state index in [0.717, 1.165) is 27.7 Å². The van der Waals surface area contributed by atoms with Gasteiger partial charge in [-0.2, -0.15) is 0 Å². The molecule has 12 heteroatoms. The maximum absolute atomic E-state index is 14.5. The first-order chi connectivity index (χ1) is 23.3. The Morgan fingerprint density at radius 3 is 2.46 bits per heavy atom. The van der Waals surface area contributed by atoms with Crippen LogP contribution in [-0.4, -0.2) is 75.2 Å². The second-order valence-corrected chi connectivity index (χ2v) is 13.4. The smallest absolute Gasteiger partial charge is 0.322 e. The fourth-order valence-corrected chi connectivity index (χ4v) is 7.40. The molecular weight excluding hydrogens is 653 g/mol. The number of H-pyrrole nitrogens is 1. The summed E-state index contributed by atoms with van der Waals surface area (Å²) in [6, 6.07) is 20.2. The van der Waals surface area contributed by atoms with Gasteiger partial charge >= 0.3 is 12.0 Å². The number of esters is 1. The third-order valence-corrected chi connectivity index (χ3v) is 10.3. The van der Waals surface area contributed by atoms with Gasteiger partial charge in [-0.15, -0.1) is 0 Å². The Bertz CT molecular complexity index is 1880. The minimum Gasteiger partial charge on any atom is -0.461 e. The van der Waals surface area contributed by atoms with E-state index in [1.54, 1.807) is 28.0 Å². The summed E-state index contributed by atoms with van der Waals surface area (Å²) in [5.41, 5.74) is 4.13. The summed E-state index contributed by atoms with van der Waals surface area (Å²) >= 11 is 12.3. The standard InChI is InChI=1S/C36H35Cl2N5O5/c37-27-13-12-24(17-28(27)38)39-36(47)43-20-30-26(25-9-4-5-10-29(25)40-30)18-32(43)34(45)42-15-6-11-31(42)33(44)41-16-14-23(19-41)35(46)48-21-22-7-2-1-3-8-22/h1-5,7-10,12-13,17,23,31-32,40H,6,11,14-16,18-21H2,(H,39,47)/t23-,31-,32+/m0/s1. The lowest BCUT2D eigenvalue weighted by molar-refractivity contribution is -0.150. The summed E-state index contributed by atoms with van der Waals surface area (Å²) in [6.07, 6.45) is 1.99. The van der Waals surface area contributed by atoms with Crippen LogP contribution in [0.1, 0.15) is 36.1 Å². The van der Waals surface area contributed by atoms with Crippen molar-refractivity contribution in [2.75, 3.05) is 25.0 Å². The molecule has 0 unspecified atom stereocenters. The molecule has 0 aliphatic carbocycles. The quantitative estimate of drug-likeness (QED) is 0.241. The number of fused-ring (bicyclic) bond motifs is 3. The predicted molar refractivity (Wildman–Crippen MR) is 182 cm³/mol. The van der Waals surface area contributed by atoms with Crippen LogP contribution in [0, 0.1) is 5.92 Å². The first kappa shape index (κ1) is 32.0. The van der Waals surface area contributed by atoms with E-state index in [-0.39, 0.29) is 37.5 Å². The van der Waals surface area contributed by atoms with Crippen LogP contribution in [0.2, 0.25) is 10.0 Å². The SMILES string of the molecule is O=C(OCc1ccccc1)[C@H]1CCN(C(=O)[C@@H]2CCCN2C(=O)[C@H]2Cc3c([nH]c4ccccc34)CN2C(=O)Nc2ccc(Cl)c(Cl)c2)C1. The average Bonchev–Trinajstić information content (AvgIpc) is 3.87. The molecule has 0 saturated carbocycles. The van der Waals surface area contributed by atoms with Gasteiger partial charge in [0.1, 0.15) is 18.7 Å². The highest BCUT2D eigenvalue weighted by atomic mass is 35.5. The molecule has 4 amide bonds. The number of ether oxygens (including phenoxy) is 1. The Morgan fingerprint density at radius 2 is 1.65 bits per heavy atom. The van der Waals surface area contributed by atoms with Crippen molar-refractivity contribution >= 4 is 63.6 Å². The van der Waals surface area contributed by atoms with Crippen LogP contribution < -0.4 is 5.32 Å². The van der Waals surface area contributed by atoms with Gasteiger partial charge in [0.2, 0.25) is 11.8 Å². The van der Waals surface area contributed by atoms with Crippen molar-refractivity contribution < 1.29 is 23.9 Å². The summed E-state index contributed by atoms with van der Waals surface area (Å²) in [5.74, 6) is -1.19. The van der Waals surface area contributed by atoms with Crippen molar-refractivity contribution in [3.63, 3.8) is 0 Å². The van der Waals surface area contributed by atoms with Crippen LogP contribution in [-0.2, 0) is 38.7 Å². The number of hydrogen-bond acceptors (Lipinski definition) is 5. The zero-order chi connectivity index (χ0) is 33.4. The number of anilines is 1. The number of para-hydroxylation sites is 1. The molecule has 4 aromatic rings. The number of hydrogen-bond donors (Lipinski definition) is 2. The minimum atomic E-state index is -0.841. The second kappa shape index (κ2) is 13.5. The van der Waals surface area contributed by atoms with Gasteiger partial charge < -0.3 is 29.7 Å². The maximum Gasteiger partial charge on any atom is 0.322 e. The molecule has 0 spiro atoms. The Labute approximate surface area is 287 Å². The first-order valence-corrected chi connectivity index (χ1v) is 16.9. The zero-order valence-electron chi connectivity index (χ0n) is 26.2. The van der Waals surface area contributed by atoms with E-state index in [4.69, 9.17) is 27.9 Å². The van der Waals surface area contributed by atoms with E-state index in [1.807, 2.05) is 54.6 Å². The number of halogens is 2. The second-order valence-electron chi connectivity index (χ2n) is 12.6. The van der Waals surface area contributed by atoms with Crippen molar-refractivity contribution in [1.29, 1.82) is 0 Å². The molecule has 0 radical (unpaired) electrons. The van der Waals surface area contributed by atoms with Gasteiger partial charge in [0, 0.05) is 48.3 Å². The number of amides is 4. The number of nitrogens with one attached hydrogen (secondary N) is 2. The fourth-order valence-electron chi connectivity index (χ4n) is 7.10. The third-order valence-electron chi connectivity index (χ3n) is 9.60. The molecular formula is C36H35Cl2N5O5. The third kappa shape index (κ3) is 6.34. The van der Waals surface area contributed by atoms with Crippen LogP contribution in [0.5, 0.6) is 0 Å². The zero-order valence-corrected chi connectivity index (χ0v) is 27.7. The molecule has 10 nitrogen and oxygen atoms in total. The molecule has 2 N–H and O–H groups in total. The minimum absolute atomic E-state index is 0.172. The van der Waals surface area contributed by atoms with E-state index in [1.165, 1.54) is 4.90 Å². The lowest BCUT2D eigenvalue weighted by Gasteiger charge is -2.38. The molecule has 248 valence electrons. The summed E-state index contributed by atoms with van der Waals surface area (Å²) < 4.78 is 5.54. The van der Waals surface area contributed by atoms with Gasteiger partial charge in [0.25, 0.3) is 0 Å². The van der Waals surface area contributed by atoms with Crippen LogP contribution in [0.25, 0.3) is 10.9 Å². The molecule has 2 saturated heterocycles. The molecule has 4 heterocycles. The highest BCUT2D eigenvalue weighted by Crippen LogP contribution is 2.34. The van der Waals surface area contributed by atoms with Crippen LogP contribution in [0.15, 0.2) is 72.8 Å². The van der Waals surface area contributed by atoms with Gasteiger partial charge in [-0.1, -0.05) is 71.7 Å². The molecule has 3 aromatic carbocycles. The molecule has 3 aliphatic heterocycles. The number of aromatic amines is 1. The normalized spacial score (nSPS) is 20.5. The van der Waals surface area contributed by atoms with Crippen LogP contribution in [0.3, 0.4) is 0 Å². The van der Waals surface area contributed by atoms with Crippen molar-refractivity contribution in [1.82, 2.24) is 19.7 Å². The van der Waals surface area contributed by atoms with Crippen molar-refractivity contribution in [3.05, 3.63) is 99.7 Å².